The van der Waals surface area contributed by atoms with Crippen molar-refractivity contribution in [1.82, 2.24) is 19.6 Å². The van der Waals surface area contributed by atoms with Crippen LogP contribution in [0.3, 0.4) is 0 Å². The first-order valence-electron chi connectivity index (χ1n) is 11.3. The van der Waals surface area contributed by atoms with Gasteiger partial charge in [0.15, 0.2) is 11.6 Å². The Morgan fingerprint density at radius 2 is 1.92 bits per heavy atom. The van der Waals surface area contributed by atoms with Crippen molar-refractivity contribution in [2.75, 3.05) is 13.6 Å². The lowest BCUT2D eigenvalue weighted by Gasteiger charge is -2.22. The molecule has 2 aromatic carbocycles. The molecule has 2 atom stereocenters. The van der Waals surface area contributed by atoms with Crippen LogP contribution in [0, 0.1) is 5.82 Å². The molecule has 4 aromatic rings. The molecule has 5 rings (SSSR count). The highest BCUT2D eigenvalue weighted by molar-refractivity contribution is 7.89. The Bertz CT molecular complexity index is 1590. The van der Waals surface area contributed by atoms with Gasteiger partial charge in [0.1, 0.15) is 17.8 Å². The lowest BCUT2D eigenvalue weighted by Crippen LogP contribution is -2.44. The van der Waals surface area contributed by atoms with Crippen LogP contribution >= 0.6 is 23.2 Å². The van der Waals surface area contributed by atoms with E-state index in [1.807, 2.05) is 6.07 Å². The molecule has 0 unspecified atom stereocenters. The topological polar surface area (TPSA) is 104 Å². The van der Waals surface area contributed by atoms with Gasteiger partial charge in [-0.3, -0.25) is 4.79 Å². The maximum Gasteiger partial charge on any atom is 0.244 e. The van der Waals surface area contributed by atoms with Crippen molar-refractivity contribution in [2.24, 2.45) is 0 Å². The predicted molar refractivity (Wildman–Crippen MR) is 139 cm³/mol. The summed E-state index contributed by atoms with van der Waals surface area (Å²) in [7, 11) is -2.75. The van der Waals surface area contributed by atoms with E-state index < -0.39 is 33.9 Å². The van der Waals surface area contributed by atoms with Crippen LogP contribution in [0.4, 0.5) is 4.39 Å². The van der Waals surface area contributed by atoms with E-state index in [0.717, 1.165) is 15.3 Å². The highest BCUT2D eigenvalue weighted by Crippen LogP contribution is 2.34. The van der Waals surface area contributed by atoms with Gasteiger partial charge in [-0.1, -0.05) is 29.3 Å². The van der Waals surface area contributed by atoms with E-state index in [1.165, 1.54) is 37.4 Å². The summed E-state index contributed by atoms with van der Waals surface area (Å²) >= 11 is 12.0. The van der Waals surface area contributed by atoms with Crippen LogP contribution in [0.2, 0.25) is 10.0 Å². The quantitative estimate of drug-likeness (QED) is 0.356. The number of aromatic nitrogens is 2. The predicted octanol–water partition coefficient (Wildman–Crippen LogP) is 4.63. The van der Waals surface area contributed by atoms with Crippen molar-refractivity contribution in [3.63, 3.8) is 0 Å². The number of nitrogens with zero attached hydrogens (tertiary/aromatic N) is 2. The standard InChI is InChI=1S/C25H21Cl2FN4O4S/c1-29-25(33)22-12-17(13-32(22)37(34,35)18-10-15(26)9-16(27)11-18)36-23-3-2-14(8-21(23)28)19-4-6-30-24-20(19)5-7-31-24/h2-11,17,22H,12-13H2,1H3,(H,29,33)(H,30,31)/t17-,22-/m1/s1. The molecule has 1 aliphatic heterocycles. The third-order valence-electron chi connectivity index (χ3n) is 6.21. The Balaban J connectivity index is 1.41. The molecule has 0 radical (unpaired) electrons. The molecule has 0 spiro atoms. The second-order valence-corrected chi connectivity index (χ2v) is 11.3. The number of fused-ring (bicyclic) bond motifs is 1. The van der Waals surface area contributed by atoms with E-state index in [-0.39, 0.29) is 33.7 Å². The number of ether oxygens (including phenoxy) is 1. The molecule has 2 N–H and O–H groups in total. The molecule has 192 valence electrons. The summed E-state index contributed by atoms with van der Waals surface area (Å²) in [5.74, 6) is -1.17. The first kappa shape index (κ1) is 25.5. The smallest absolute Gasteiger partial charge is 0.244 e. The molecule has 0 saturated carbocycles. The van der Waals surface area contributed by atoms with Crippen LogP contribution in [-0.4, -0.2) is 54.3 Å². The maximum absolute atomic E-state index is 15.1. The van der Waals surface area contributed by atoms with Crippen LogP contribution in [0.5, 0.6) is 5.75 Å². The van der Waals surface area contributed by atoms with Crippen molar-refractivity contribution >= 4 is 50.2 Å². The number of H-pyrrole nitrogens is 1. The fourth-order valence-electron chi connectivity index (χ4n) is 4.49. The molecule has 1 amide bonds. The van der Waals surface area contributed by atoms with Gasteiger partial charge in [-0.25, -0.2) is 17.8 Å². The van der Waals surface area contributed by atoms with E-state index in [1.54, 1.807) is 24.5 Å². The molecular formula is C25H21Cl2FN4O4S. The van der Waals surface area contributed by atoms with Gasteiger partial charge in [0.25, 0.3) is 0 Å². The number of amides is 1. The SMILES string of the molecule is CNC(=O)[C@H]1C[C@@H](Oc2ccc(-c3ccnc4[nH]ccc34)cc2F)CN1S(=O)(=O)c1cc(Cl)cc(Cl)c1. The second kappa shape index (κ2) is 9.94. The number of aromatic amines is 1. The third kappa shape index (κ3) is 4.89. The molecule has 1 aliphatic rings. The van der Waals surface area contributed by atoms with Crippen molar-refractivity contribution in [2.45, 2.75) is 23.5 Å². The maximum atomic E-state index is 15.1. The Morgan fingerprint density at radius 1 is 1.16 bits per heavy atom. The van der Waals surface area contributed by atoms with Gasteiger partial charge in [-0.2, -0.15) is 4.31 Å². The van der Waals surface area contributed by atoms with Crippen LogP contribution in [0.1, 0.15) is 6.42 Å². The number of nitrogens with one attached hydrogen (secondary N) is 2. The van der Waals surface area contributed by atoms with E-state index in [0.29, 0.717) is 11.2 Å². The van der Waals surface area contributed by atoms with Gasteiger partial charge < -0.3 is 15.0 Å². The average Bonchev–Trinajstić information content (AvgIpc) is 3.52. The summed E-state index contributed by atoms with van der Waals surface area (Å²) in [6.45, 7) is -0.167. The summed E-state index contributed by atoms with van der Waals surface area (Å²) in [5.41, 5.74) is 2.12. The Labute approximate surface area is 222 Å². The summed E-state index contributed by atoms with van der Waals surface area (Å²) in [6.07, 6.45) is 2.65. The van der Waals surface area contributed by atoms with Crippen molar-refractivity contribution in [1.29, 1.82) is 0 Å². The molecule has 37 heavy (non-hydrogen) atoms. The zero-order valence-corrected chi connectivity index (χ0v) is 21.7. The third-order valence-corrected chi connectivity index (χ3v) is 8.49. The van der Waals surface area contributed by atoms with E-state index in [2.05, 4.69) is 15.3 Å². The molecule has 0 aliphatic carbocycles. The number of halogens is 3. The summed E-state index contributed by atoms with van der Waals surface area (Å²) < 4.78 is 48.9. The number of benzene rings is 2. The van der Waals surface area contributed by atoms with Crippen molar-refractivity contribution < 1.29 is 22.3 Å². The van der Waals surface area contributed by atoms with Gasteiger partial charge in [0, 0.05) is 41.3 Å². The average molecular weight is 563 g/mol. The fraction of sp³-hybridized carbons (Fsp3) is 0.200. The van der Waals surface area contributed by atoms with E-state index >= 15 is 4.39 Å². The number of carbonyl (C=O) groups is 1. The van der Waals surface area contributed by atoms with Gasteiger partial charge >= 0.3 is 0 Å². The minimum atomic E-state index is -4.16. The minimum absolute atomic E-state index is 0.0305. The normalized spacial score (nSPS) is 18.3. The molecule has 12 heteroatoms. The number of sulfonamides is 1. The lowest BCUT2D eigenvalue weighted by atomic mass is 10.0. The van der Waals surface area contributed by atoms with E-state index in [4.69, 9.17) is 27.9 Å². The molecule has 1 fully saturated rings. The minimum Gasteiger partial charge on any atom is -0.486 e. The Hall–Kier alpha value is -3.18. The first-order valence-corrected chi connectivity index (χ1v) is 13.4. The highest BCUT2D eigenvalue weighted by Gasteiger charge is 2.45. The second-order valence-electron chi connectivity index (χ2n) is 8.53. The monoisotopic (exact) mass is 562 g/mol. The Morgan fingerprint density at radius 3 is 2.62 bits per heavy atom. The van der Waals surface area contributed by atoms with E-state index in [9.17, 15) is 13.2 Å². The first-order chi connectivity index (χ1) is 17.7. The molecule has 8 nitrogen and oxygen atoms in total. The van der Waals surface area contributed by atoms with Crippen LogP contribution in [-0.2, 0) is 14.8 Å². The largest absolute Gasteiger partial charge is 0.486 e. The van der Waals surface area contributed by atoms with Gasteiger partial charge in [0.05, 0.1) is 11.4 Å². The number of hydrogen-bond donors (Lipinski definition) is 2. The Kier molecular flexibility index (Phi) is 6.84. The molecule has 0 bridgehead atoms. The van der Waals surface area contributed by atoms with Gasteiger partial charge in [-0.05, 0) is 53.6 Å². The molecule has 1 saturated heterocycles. The van der Waals surface area contributed by atoms with Crippen LogP contribution in [0.25, 0.3) is 22.2 Å². The highest BCUT2D eigenvalue weighted by atomic mass is 35.5. The molecule has 3 heterocycles. The van der Waals surface area contributed by atoms with Crippen LogP contribution in [0.15, 0.2) is 65.8 Å². The number of hydrogen-bond acceptors (Lipinski definition) is 5. The number of likely N-dealkylation sites (N-methyl/N-ethyl adjacent to an activating group) is 1. The zero-order chi connectivity index (χ0) is 26.3. The van der Waals surface area contributed by atoms with Gasteiger partial charge in [-0.15, -0.1) is 0 Å². The number of pyridine rings is 1. The summed E-state index contributed by atoms with van der Waals surface area (Å²) in [6, 6.07) is 11.1. The van der Waals surface area contributed by atoms with Gasteiger partial charge in [0.2, 0.25) is 15.9 Å². The number of rotatable bonds is 6. The van der Waals surface area contributed by atoms with Crippen LogP contribution < -0.4 is 10.1 Å². The summed E-state index contributed by atoms with van der Waals surface area (Å²) in [5, 5.41) is 3.61. The molecular weight excluding hydrogens is 542 g/mol. The summed E-state index contributed by atoms with van der Waals surface area (Å²) in [4.78, 5) is 19.7. The zero-order valence-electron chi connectivity index (χ0n) is 19.4. The number of carbonyl (C=O) groups excluding carboxylic acids is 1. The molecule has 2 aromatic heterocycles. The van der Waals surface area contributed by atoms with Crippen molar-refractivity contribution in [3.8, 4) is 16.9 Å². The lowest BCUT2D eigenvalue weighted by molar-refractivity contribution is -0.123. The van der Waals surface area contributed by atoms with Crippen molar-refractivity contribution in [3.05, 3.63) is 76.8 Å². The fourth-order valence-corrected chi connectivity index (χ4v) is 6.85.